The predicted molar refractivity (Wildman–Crippen MR) is 77.8 cm³/mol. The van der Waals surface area contributed by atoms with Crippen molar-refractivity contribution in [1.29, 1.82) is 0 Å². The van der Waals surface area contributed by atoms with Gasteiger partial charge in [0, 0.05) is 4.91 Å². The number of nitrogens with zero attached hydrogens (tertiary/aromatic N) is 3. The molecule has 104 valence electrons. The highest BCUT2D eigenvalue weighted by molar-refractivity contribution is 5.97. The molecule has 21 heavy (non-hydrogen) atoms. The standard InChI is InChI=1S/C15H12N4O2/c16-19-18-13-14(10-6-2-1-3-7-10)21-12-9-5-4-8-11(12)17-15(13)20/h1-9,13-14H,(H,17,20)/t13-,14+/m1/s1. The van der Waals surface area contributed by atoms with E-state index in [1.54, 1.807) is 18.2 Å². The van der Waals surface area contributed by atoms with Gasteiger partial charge in [-0.05, 0) is 23.2 Å². The van der Waals surface area contributed by atoms with Crippen LogP contribution in [0.2, 0.25) is 0 Å². The minimum Gasteiger partial charge on any atom is -0.483 e. The largest absolute Gasteiger partial charge is 0.483 e. The van der Waals surface area contributed by atoms with Gasteiger partial charge in [0.25, 0.3) is 0 Å². The van der Waals surface area contributed by atoms with E-state index in [4.69, 9.17) is 10.3 Å². The summed E-state index contributed by atoms with van der Waals surface area (Å²) in [6.07, 6.45) is -0.661. The molecule has 0 aromatic heterocycles. The lowest BCUT2D eigenvalue weighted by Gasteiger charge is -2.21. The molecule has 0 saturated heterocycles. The van der Waals surface area contributed by atoms with Crippen molar-refractivity contribution in [2.45, 2.75) is 12.1 Å². The van der Waals surface area contributed by atoms with E-state index < -0.39 is 12.1 Å². The van der Waals surface area contributed by atoms with E-state index in [1.807, 2.05) is 36.4 Å². The molecule has 0 bridgehead atoms. The molecule has 1 heterocycles. The number of carbonyl (C=O) groups excluding carboxylic acids is 1. The number of azide groups is 1. The molecule has 1 N–H and O–H groups in total. The van der Waals surface area contributed by atoms with Gasteiger partial charge in [0.1, 0.15) is 11.9 Å². The molecule has 2 atom stereocenters. The number of ether oxygens (including phenoxy) is 1. The van der Waals surface area contributed by atoms with E-state index in [1.165, 1.54) is 0 Å². The van der Waals surface area contributed by atoms with Gasteiger partial charge in [-0.2, -0.15) is 0 Å². The third-order valence-electron chi connectivity index (χ3n) is 3.26. The first kappa shape index (κ1) is 13.0. The summed E-state index contributed by atoms with van der Waals surface area (Å²) in [6.45, 7) is 0. The molecular formula is C15H12N4O2. The number of amides is 1. The minimum atomic E-state index is -0.968. The van der Waals surface area contributed by atoms with Crippen LogP contribution in [0.4, 0.5) is 5.69 Å². The Morgan fingerprint density at radius 3 is 2.57 bits per heavy atom. The van der Waals surface area contributed by atoms with Crippen LogP contribution in [0.25, 0.3) is 10.4 Å². The zero-order chi connectivity index (χ0) is 14.7. The quantitative estimate of drug-likeness (QED) is 0.519. The molecule has 0 unspecified atom stereocenters. The van der Waals surface area contributed by atoms with Crippen LogP contribution in [0.5, 0.6) is 5.75 Å². The fourth-order valence-electron chi connectivity index (χ4n) is 2.28. The SMILES string of the molecule is [N-]=[N+]=N[C@H]1C(=O)Nc2ccccc2O[C@H]1c1ccccc1. The molecule has 1 aliphatic heterocycles. The van der Waals surface area contributed by atoms with Gasteiger partial charge in [-0.25, -0.2) is 0 Å². The summed E-state index contributed by atoms with van der Waals surface area (Å²) < 4.78 is 5.93. The summed E-state index contributed by atoms with van der Waals surface area (Å²) in [5.74, 6) is 0.168. The monoisotopic (exact) mass is 280 g/mol. The van der Waals surface area contributed by atoms with E-state index in [-0.39, 0.29) is 5.91 Å². The first-order chi connectivity index (χ1) is 10.3. The van der Waals surface area contributed by atoms with Crippen molar-refractivity contribution in [3.63, 3.8) is 0 Å². The number of hydrogen-bond donors (Lipinski definition) is 1. The molecule has 6 nitrogen and oxygen atoms in total. The van der Waals surface area contributed by atoms with Crippen molar-refractivity contribution in [1.82, 2.24) is 0 Å². The van der Waals surface area contributed by atoms with Crippen molar-refractivity contribution >= 4 is 11.6 Å². The van der Waals surface area contributed by atoms with Crippen LogP contribution >= 0.6 is 0 Å². The van der Waals surface area contributed by atoms with Crippen LogP contribution < -0.4 is 10.1 Å². The van der Waals surface area contributed by atoms with E-state index in [9.17, 15) is 4.79 Å². The Balaban J connectivity index is 2.09. The Hall–Kier alpha value is -2.98. The lowest BCUT2D eigenvalue weighted by molar-refractivity contribution is -0.119. The van der Waals surface area contributed by atoms with Gasteiger partial charge in [0.15, 0.2) is 6.04 Å². The molecular weight excluding hydrogens is 268 g/mol. The summed E-state index contributed by atoms with van der Waals surface area (Å²) >= 11 is 0. The maximum atomic E-state index is 12.3. The summed E-state index contributed by atoms with van der Waals surface area (Å²) in [5.41, 5.74) is 10.1. The van der Waals surface area contributed by atoms with E-state index in [0.29, 0.717) is 11.4 Å². The second-order valence-corrected chi connectivity index (χ2v) is 4.58. The Kier molecular flexibility index (Phi) is 3.45. The number of benzene rings is 2. The first-order valence-electron chi connectivity index (χ1n) is 6.45. The van der Waals surface area contributed by atoms with Crippen molar-refractivity contribution in [3.8, 4) is 5.75 Å². The Bertz CT molecular complexity index is 711. The minimum absolute atomic E-state index is 0.383. The van der Waals surface area contributed by atoms with Gasteiger partial charge in [-0.1, -0.05) is 47.6 Å². The third-order valence-corrected chi connectivity index (χ3v) is 3.26. The smallest absolute Gasteiger partial charge is 0.237 e. The zero-order valence-corrected chi connectivity index (χ0v) is 11.0. The molecule has 0 fully saturated rings. The van der Waals surface area contributed by atoms with Crippen LogP contribution in [0, 0.1) is 0 Å². The van der Waals surface area contributed by atoms with Crippen LogP contribution in [0.15, 0.2) is 59.7 Å². The normalized spacial score (nSPS) is 20.3. The maximum Gasteiger partial charge on any atom is 0.237 e. The molecule has 0 radical (unpaired) electrons. The van der Waals surface area contributed by atoms with Gasteiger partial charge in [0.05, 0.1) is 5.69 Å². The van der Waals surface area contributed by atoms with E-state index in [0.717, 1.165) is 5.56 Å². The third kappa shape index (κ3) is 2.52. The number of carbonyl (C=O) groups is 1. The van der Waals surface area contributed by atoms with E-state index >= 15 is 0 Å². The Morgan fingerprint density at radius 2 is 1.81 bits per heavy atom. The Morgan fingerprint density at radius 1 is 1.10 bits per heavy atom. The number of rotatable bonds is 2. The highest BCUT2D eigenvalue weighted by Gasteiger charge is 2.34. The molecule has 3 rings (SSSR count). The van der Waals surface area contributed by atoms with Crippen LogP contribution in [0.1, 0.15) is 11.7 Å². The van der Waals surface area contributed by atoms with Gasteiger partial charge >= 0.3 is 0 Å². The van der Waals surface area contributed by atoms with Crippen molar-refractivity contribution in [2.75, 3.05) is 5.32 Å². The average Bonchev–Trinajstić information content (AvgIpc) is 2.66. The van der Waals surface area contributed by atoms with Gasteiger partial charge < -0.3 is 10.1 Å². The number of para-hydroxylation sites is 2. The number of nitrogens with one attached hydrogen (secondary N) is 1. The number of fused-ring (bicyclic) bond motifs is 1. The highest BCUT2D eigenvalue weighted by atomic mass is 16.5. The second-order valence-electron chi connectivity index (χ2n) is 4.58. The van der Waals surface area contributed by atoms with Gasteiger partial charge in [-0.15, -0.1) is 0 Å². The lowest BCUT2D eigenvalue weighted by Crippen LogP contribution is -2.31. The van der Waals surface area contributed by atoms with Crippen molar-refractivity contribution in [3.05, 3.63) is 70.6 Å². The highest BCUT2D eigenvalue weighted by Crippen LogP contribution is 2.35. The van der Waals surface area contributed by atoms with Crippen LogP contribution in [-0.2, 0) is 4.79 Å². The van der Waals surface area contributed by atoms with Crippen molar-refractivity contribution in [2.24, 2.45) is 5.11 Å². The fraction of sp³-hybridized carbons (Fsp3) is 0.133. The zero-order valence-electron chi connectivity index (χ0n) is 11.0. The molecule has 0 saturated carbocycles. The number of anilines is 1. The summed E-state index contributed by atoms with van der Waals surface area (Å²) in [7, 11) is 0. The topological polar surface area (TPSA) is 87.1 Å². The Labute approximate surface area is 121 Å². The average molecular weight is 280 g/mol. The lowest BCUT2D eigenvalue weighted by atomic mass is 10.0. The molecule has 1 aliphatic rings. The van der Waals surface area contributed by atoms with Gasteiger partial charge in [-0.3, -0.25) is 4.79 Å². The predicted octanol–water partition coefficient (Wildman–Crippen LogP) is 3.44. The molecule has 1 amide bonds. The second kappa shape index (κ2) is 5.56. The van der Waals surface area contributed by atoms with Crippen molar-refractivity contribution < 1.29 is 9.53 Å². The summed E-state index contributed by atoms with van der Waals surface area (Å²) in [5, 5.41) is 6.34. The molecule has 0 spiro atoms. The first-order valence-corrected chi connectivity index (χ1v) is 6.45. The van der Waals surface area contributed by atoms with Crippen LogP contribution in [0.3, 0.4) is 0 Å². The molecule has 0 aliphatic carbocycles. The molecule has 6 heteroatoms. The van der Waals surface area contributed by atoms with Gasteiger partial charge in [0.2, 0.25) is 5.91 Å². The fourth-order valence-corrected chi connectivity index (χ4v) is 2.28. The van der Waals surface area contributed by atoms with E-state index in [2.05, 4.69) is 15.3 Å². The molecule has 2 aromatic rings. The van der Waals surface area contributed by atoms with Crippen LogP contribution in [-0.4, -0.2) is 11.9 Å². The molecule has 2 aromatic carbocycles. The summed E-state index contributed by atoms with van der Waals surface area (Å²) in [4.78, 5) is 15.1. The maximum absolute atomic E-state index is 12.3. The summed E-state index contributed by atoms with van der Waals surface area (Å²) in [6, 6.07) is 15.4. The number of hydrogen-bond acceptors (Lipinski definition) is 3.